The van der Waals surface area contributed by atoms with Gasteiger partial charge in [-0.1, -0.05) is 0 Å². The molecular formula is C10H22N2O. The Morgan fingerprint density at radius 2 is 2.38 bits per heavy atom. The number of hydrogen-bond donors (Lipinski definition) is 2. The monoisotopic (exact) mass is 186 g/mol. The van der Waals surface area contributed by atoms with Crippen LogP contribution in [-0.2, 0) is 4.74 Å². The number of nitrogens with one attached hydrogen (secondary N) is 1. The first kappa shape index (κ1) is 11.0. The van der Waals surface area contributed by atoms with Crippen molar-refractivity contribution < 1.29 is 4.74 Å². The minimum absolute atomic E-state index is 0.315. The van der Waals surface area contributed by atoms with E-state index in [1.54, 1.807) is 0 Å². The molecule has 78 valence electrons. The molecule has 0 saturated carbocycles. The predicted molar refractivity (Wildman–Crippen MR) is 54.7 cm³/mol. The van der Waals surface area contributed by atoms with Gasteiger partial charge in [-0.25, -0.2) is 0 Å². The Morgan fingerprint density at radius 1 is 1.54 bits per heavy atom. The van der Waals surface area contributed by atoms with Gasteiger partial charge in [0.1, 0.15) is 0 Å². The lowest BCUT2D eigenvalue weighted by molar-refractivity contribution is 0.104. The van der Waals surface area contributed by atoms with Crippen LogP contribution in [0.2, 0.25) is 0 Å². The van der Waals surface area contributed by atoms with Crippen molar-refractivity contribution in [1.29, 1.82) is 0 Å². The topological polar surface area (TPSA) is 47.3 Å². The molecule has 1 heterocycles. The molecule has 3 heteroatoms. The van der Waals surface area contributed by atoms with Gasteiger partial charge in [0.2, 0.25) is 0 Å². The highest BCUT2D eigenvalue weighted by Gasteiger charge is 2.14. The molecule has 1 aliphatic heterocycles. The van der Waals surface area contributed by atoms with E-state index in [9.17, 15) is 0 Å². The van der Waals surface area contributed by atoms with Gasteiger partial charge >= 0.3 is 0 Å². The molecule has 0 radical (unpaired) electrons. The molecule has 0 aromatic carbocycles. The molecular weight excluding hydrogens is 164 g/mol. The van der Waals surface area contributed by atoms with Gasteiger partial charge in [-0.15, -0.1) is 0 Å². The summed E-state index contributed by atoms with van der Waals surface area (Å²) >= 11 is 0. The Hall–Kier alpha value is -0.120. The van der Waals surface area contributed by atoms with E-state index >= 15 is 0 Å². The largest absolute Gasteiger partial charge is 0.378 e. The summed E-state index contributed by atoms with van der Waals surface area (Å²) in [6, 6.07) is 0.315. The molecule has 0 aromatic heterocycles. The van der Waals surface area contributed by atoms with Crippen LogP contribution in [-0.4, -0.2) is 31.8 Å². The fourth-order valence-electron chi connectivity index (χ4n) is 1.59. The molecule has 13 heavy (non-hydrogen) atoms. The van der Waals surface area contributed by atoms with Crippen LogP contribution in [0.4, 0.5) is 0 Å². The molecule has 0 aliphatic carbocycles. The molecule has 0 aromatic rings. The molecule has 0 amide bonds. The minimum atomic E-state index is 0.315. The second kappa shape index (κ2) is 6.35. The molecule has 0 spiro atoms. The SMILES string of the molecule is CC(N)CCNCCC1CCCO1. The van der Waals surface area contributed by atoms with Crippen molar-refractivity contribution in [3.05, 3.63) is 0 Å². The van der Waals surface area contributed by atoms with E-state index in [-0.39, 0.29) is 0 Å². The van der Waals surface area contributed by atoms with E-state index in [0.717, 1.165) is 32.5 Å². The molecule has 1 rings (SSSR count). The lowest BCUT2D eigenvalue weighted by atomic mass is 10.2. The molecule has 0 bridgehead atoms. The highest BCUT2D eigenvalue weighted by atomic mass is 16.5. The maximum absolute atomic E-state index is 5.63. The summed E-state index contributed by atoms with van der Waals surface area (Å²) in [5.41, 5.74) is 5.63. The van der Waals surface area contributed by atoms with Crippen molar-refractivity contribution >= 4 is 0 Å². The summed E-state index contributed by atoms with van der Waals surface area (Å²) in [7, 11) is 0. The second-order valence-electron chi connectivity index (χ2n) is 3.94. The summed E-state index contributed by atoms with van der Waals surface area (Å²) in [4.78, 5) is 0. The van der Waals surface area contributed by atoms with Crippen LogP contribution in [0.3, 0.4) is 0 Å². The van der Waals surface area contributed by atoms with E-state index in [1.807, 2.05) is 6.92 Å². The van der Waals surface area contributed by atoms with Gasteiger partial charge in [0.15, 0.2) is 0 Å². The van der Waals surface area contributed by atoms with Crippen molar-refractivity contribution in [3.8, 4) is 0 Å². The summed E-state index contributed by atoms with van der Waals surface area (Å²) in [6.07, 6.45) is 5.21. The highest BCUT2D eigenvalue weighted by molar-refractivity contribution is 4.66. The first-order valence-electron chi connectivity index (χ1n) is 5.37. The first-order chi connectivity index (χ1) is 6.29. The molecule has 3 N–H and O–H groups in total. The molecule has 2 unspecified atom stereocenters. The van der Waals surface area contributed by atoms with Gasteiger partial charge in [-0.3, -0.25) is 0 Å². The number of rotatable bonds is 6. The van der Waals surface area contributed by atoms with Crippen molar-refractivity contribution in [3.63, 3.8) is 0 Å². The molecule has 3 nitrogen and oxygen atoms in total. The third-order valence-electron chi connectivity index (χ3n) is 2.44. The third-order valence-corrected chi connectivity index (χ3v) is 2.44. The minimum Gasteiger partial charge on any atom is -0.378 e. The first-order valence-corrected chi connectivity index (χ1v) is 5.37. The van der Waals surface area contributed by atoms with Crippen LogP contribution in [0, 0.1) is 0 Å². The fourth-order valence-corrected chi connectivity index (χ4v) is 1.59. The zero-order chi connectivity index (χ0) is 9.52. The zero-order valence-electron chi connectivity index (χ0n) is 8.59. The Kier molecular flexibility index (Phi) is 5.35. The van der Waals surface area contributed by atoms with Gasteiger partial charge in [-0.2, -0.15) is 0 Å². The normalized spacial score (nSPS) is 24.9. The van der Waals surface area contributed by atoms with Crippen LogP contribution in [0.5, 0.6) is 0 Å². The van der Waals surface area contributed by atoms with E-state index in [2.05, 4.69) is 5.32 Å². The van der Waals surface area contributed by atoms with Crippen LogP contribution in [0.1, 0.15) is 32.6 Å². The van der Waals surface area contributed by atoms with Gasteiger partial charge in [-0.05, 0) is 45.7 Å². The standard InChI is InChI=1S/C10H22N2O/c1-9(11)4-6-12-7-5-10-3-2-8-13-10/h9-10,12H,2-8,11H2,1H3. The lowest BCUT2D eigenvalue weighted by Gasteiger charge is -2.10. The smallest absolute Gasteiger partial charge is 0.0588 e. The molecule has 1 saturated heterocycles. The molecule has 2 atom stereocenters. The van der Waals surface area contributed by atoms with Crippen LogP contribution < -0.4 is 11.1 Å². The average molecular weight is 186 g/mol. The van der Waals surface area contributed by atoms with Gasteiger partial charge < -0.3 is 15.8 Å². The highest BCUT2D eigenvalue weighted by Crippen LogP contribution is 2.14. The maximum atomic E-state index is 5.63. The van der Waals surface area contributed by atoms with Crippen LogP contribution in [0.25, 0.3) is 0 Å². The second-order valence-corrected chi connectivity index (χ2v) is 3.94. The van der Waals surface area contributed by atoms with Crippen molar-refractivity contribution in [2.75, 3.05) is 19.7 Å². The molecule has 1 fully saturated rings. The summed E-state index contributed by atoms with van der Waals surface area (Å²) in [5, 5.41) is 3.38. The number of hydrogen-bond acceptors (Lipinski definition) is 3. The van der Waals surface area contributed by atoms with E-state index in [1.165, 1.54) is 12.8 Å². The quantitative estimate of drug-likeness (QED) is 0.605. The molecule has 1 aliphatic rings. The van der Waals surface area contributed by atoms with Gasteiger partial charge in [0, 0.05) is 12.6 Å². The Morgan fingerprint density at radius 3 is 3.00 bits per heavy atom. The lowest BCUT2D eigenvalue weighted by Crippen LogP contribution is -2.26. The van der Waals surface area contributed by atoms with Crippen LogP contribution >= 0.6 is 0 Å². The summed E-state index contributed by atoms with van der Waals surface area (Å²) in [5.74, 6) is 0. The zero-order valence-corrected chi connectivity index (χ0v) is 8.59. The number of nitrogens with two attached hydrogens (primary N) is 1. The Labute approximate surface area is 81.0 Å². The average Bonchev–Trinajstić information content (AvgIpc) is 2.55. The summed E-state index contributed by atoms with van der Waals surface area (Å²) in [6.45, 7) is 5.11. The summed E-state index contributed by atoms with van der Waals surface area (Å²) < 4.78 is 5.52. The van der Waals surface area contributed by atoms with E-state index in [4.69, 9.17) is 10.5 Å². The van der Waals surface area contributed by atoms with Crippen molar-refractivity contribution in [2.24, 2.45) is 5.73 Å². The maximum Gasteiger partial charge on any atom is 0.0588 e. The predicted octanol–water partition coefficient (Wildman–Crippen LogP) is 0.882. The van der Waals surface area contributed by atoms with Crippen molar-refractivity contribution in [2.45, 2.75) is 44.8 Å². The van der Waals surface area contributed by atoms with E-state index in [0.29, 0.717) is 12.1 Å². The Balaban J connectivity index is 1.83. The van der Waals surface area contributed by atoms with Gasteiger partial charge in [0.25, 0.3) is 0 Å². The third kappa shape index (κ3) is 5.24. The van der Waals surface area contributed by atoms with Gasteiger partial charge in [0.05, 0.1) is 6.10 Å². The fraction of sp³-hybridized carbons (Fsp3) is 1.00. The van der Waals surface area contributed by atoms with Crippen molar-refractivity contribution in [1.82, 2.24) is 5.32 Å². The number of ether oxygens (including phenoxy) is 1. The van der Waals surface area contributed by atoms with E-state index < -0.39 is 0 Å². The van der Waals surface area contributed by atoms with Crippen LogP contribution in [0.15, 0.2) is 0 Å². The Bertz CT molecular complexity index is 122.